The topological polar surface area (TPSA) is 58.5 Å². The first kappa shape index (κ1) is 20.6. The van der Waals surface area contributed by atoms with Crippen molar-refractivity contribution >= 4 is 41.3 Å². The van der Waals surface area contributed by atoms with Gasteiger partial charge in [-0.1, -0.05) is 6.92 Å². The molecule has 1 rings (SSSR count). The minimum atomic E-state index is 0. The number of halogens is 1. The molecule has 0 unspecified atom stereocenters. The van der Waals surface area contributed by atoms with Crippen molar-refractivity contribution in [3.8, 4) is 0 Å². The van der Waals surface area contributed by atoms with Gasteiger partial charge in [0.05, 0.1) is 10.7 Å². The number of guanidine groups is 1. The van der Waals surface area contributed by atoms with Gasteiger partial charge in [0.25, 0.3) is 0 Å². The molecule has 1 aromatic heterocycles. The van der Waals surface area contributed by atoms with Crippen LogP contribution in [0.15, 0.2) is 10.4 Å². The summed E-state index contributed by atoms with van der Waals surface area (Å²) in [6.45, 7) is 7.45. The molecule has 1 heterocycles. The van der Waals surface area contributed by atoms with E-state index in [9.17, 15) is 0 Å². The van der Waals surface area contributed by atoms with Crippen molar-refractivity contribution in [2.24, 2.45) is 4.99 Å². The average Bonchev–Trinajstić information content (AvgIpc) is 2.91. The van der Waals surface area contributed by atoms with E-state index in [0.29, 0.717) is 0 Å². The fraction of sp³-hybridized carbons (Fsp3) is 0.714. The molecule has 0 saturated carbocycles. The van der Waals surface area contributed by atoms with E-state index in [1.54, 1.807) is 18.4 Å². The van der Waals surface area contributed by atoms with Gasteiger partial charge in [0, 0.05) is 45.2 Å². The van der Waals surface area contributed by atoms with Crippen LogP contribution in [-0.2, 0) is 17.6 Å². The normalized spacial score (nSPS) is 11.1. The maximum absolute atomic E-state index is 5.02. The highest BCUT2D eigenvalue weighted by Crippen LogP contribution is 2.10. The van der Waals surface area contributed by atoms with Crippen molar-refractivity contribution in [2.45, 2.75) is 33.1 Å². The van der Waals surface area contributed by atoms with Gasteiger partial charge in [-0.3, -0.25) is 4.99 Å². The van der Waals surface area contributed by atoms with Crippen LogP contribution < -0.4 is 10.6 Å². The van der Waals surface area contributed by atoms with E-state index in [4.69, 9.17) is 4.74 Å². The van der Waals surface area contributed by atoms with Crippen LogP contribution in [0.2, 0.25) is 0 Å². The quantitative estimate of drug-likeness (QED) is 0.276. The molecule has 0 fully saturated rings. The van der Waals surface area contributed by atoms with Crippen LogP contribution >= 0.6 is 35.3 Å². The molecule has 0 aliphatic rings. The molecule has 0 amide bonds. The zero-order valence-electron chi connectivity index (χ0n) is 13.1. The number of rotatable bonds is 9. The first-order chi connectivity index (χ1) is 9.80. The maximum atomic E-state index is 5.02. The summed E-state index contributed by atoms with van der Waals surface area (Å²) in [5.74, 6) is 0.870. The Labute approximate surface area is 149 Å². The molecule has 0 bridgehead atoms. The van der Waals surface area contributed by atoms with Crippen LogP contribution in [0.1, 0.15) is 31.0 Å². The molecule has 5 nitrogen and oxygen atoms in total. The number of hydrogen-bond acceptors (Lipinski definition) is 4. The van der Waals surface area contributed by atoms with Gasteiger partial charge in [-0.25, -0.2) is 4.98 Å². The maximum Gasteiger partial charge on any atom is 0.191 e. The fourth-order valence-corrected chi connectivity index (χ4v) is 2.46. The molecule has 21 heavy (non-hydrogen) atoms. The van der Waals surface area contributed by atoms with Crippen LogP contribution in [0.5, 0.6) is 0 Å². The predicted molar refractivity (Wildman–Crippen MR) is 101 cm³/mol. The van der Waals surface area contributed by atoms with Crippen molar-refractivity contribution in [3.63, 3.8) is 0 Å². The number of nitrogens with zero attached hydrogens (tertiary/aromatic N) is 2. The lowest BCUT2D eigenvalue weighted by Gasteiger charge is -2.10. The van der Waals surface area contributed by atoms with Crippen LogP contribution in [0.3, 0.4) is 0 Å². The van der Waals surface area contributed by atoms with E-state index in [2.05, 4.69) is 39.8 Å². The summed E-state index contributed by atoms with van der Waals surface area (Å²) in [5, 5.41) is 9.93. The lowest BCUT2D eigenvalue weighted by Crippen LogP contribution is -2.38. The Morgan fingerprint density at radius 2 is 2.19 bits per heavy atom. The number of aliphatic imine (C=N–C) groups is 1. The summed E-state index contributed by atoms with van der Waals surface area (Å²) >= 11 is 1.74. The highest BCUT2D eigenvalue weighted by molar-refractivity contribution is 14.0. The van der Waals surface area contributed by atoms with Crippen molar-refractivity contribution < 1.29 is 4.74 Å². The van der Waals surface area contributed by atoms with E-state index < -0.39 is 0 Å². The molecule has 1 aromatic rings. The van der Waals surface area contributed by atoms with Crippen molar-refractivity contribution in [3.05, 3.63) is 16.1 Å². The lowest BCUT2D eigenvalue weighted by atomic mass is 10.3. The van der Waals surface area contributed by atoms with E-state index in [0.717, 1.165) is 57.2 Å². The summed E-state index contributed by atoms with van der Waals surface area (Å²) in [4.78, 5) is 9.06. The zero-order valence-corrected chi connectivity index (χ0v) is 16.3. The molecular weight excluding hydrogens is 399 g/mol. The van der Waals surface area contributed by atoms with Gasteiger partial charge < -0.3 is 15.4 Å². The first-order valence-corrected chi connectivity index (χ1v) is 8.12. The lowest BCUT2D eigenvalue weighted by molar-refractivity contribution is 0.197. The molecule has 0 saturated heterocycles. The van der Waals surface area contributed by atoms with Gasteiger partial charge in [0.15, 0.2) is 5.96 Å². The van der Waals surface area contributed by atoms with E-state index in [1.165, 1.54) is 5.01 Å². The number of ether oxygens (including phenoxy) is 1. The number of aromatic nitrogens is 1. The second-order valence-electron chi connectivity index (χ2n) is 4.37. The van der Waals surface area contributed by atoms with E-state index in [1.807, 2.05) is 0 Å². The van der Waals surface area contributed by atoms with E-state index in [-0.39, 0.29) is 24.0 Å². The standard InChI is InChI=1S/C14H26N4OS.HI/c1-4-13-18-12(11-20-13)7-9-17-14(15-5-2)16-8-6-10-19-3;/h11H,4-10H2,1-3H3,(H2,15,16,17);1H. The number of nitrogens with one attached hydrogen (secondary N) is 2. The SMILES string of the molecule is CCNC(=NCCCOC)NCCc1csc(CC)n1.I. The third kappa shape index (κ3) is 9.26. The van der Waals surface area contributed by atoms with Crippen LogP contribution in [0.4, 0.5) is 0 Å². The van der Waals surface area contributed by atoms with Gasteiger partial charge in [-0.2, -0.15) is 0 Å². The second-order valence-corrected chi connectivity index (χ2v) is 5.31. The average molecular weight is 426 g/mol. The summed E-state index contributed by atoms with van der Waals surface area (Å²) < 4.78 is 5.02. The van der Waals surface area contributed by atoms with Gasteiger partial charge in [-0.05, 0) is 19.8 Å². The molecule has 2 N–H and O–H groups in total. The molecule has 0 aliphatic carbocycles. The minimum absolute atomic E-state index is 0. The summed E-state index contributed by atoms with van der Waals surface area (Å²) in [6.07, 6.45) is 2.89. The third-order valence-electron chi connectivity index (χ3n) is 2.70. The Morgan fingerprint density at radius 1 is 1.38 bits per heavy atom. The van der Waals surface area contributed by atoms with Gasteiger partial charge in [-0.15, -0.1) is 35.3 Å². The summed E-state index contributed by atoms with van der Waals surface area (Å²) in [5.41, 5.74) is 1.16. The van der Waals surface area contributed by atoms with Gasteiger partial charge in [0.1, 0.15) is 0 Å². The van der Waals surface area contributed by atoms with Crippen LogP contribution in [0.25, 0.3) is 0 Å². The number of aryl methyl sites for hydroxylation is 1. The molecular formula is C14H27IN4OS. The second kappa shape index (κ2) is 13.3. The molecule has 0 aromatic carbocycles. The van der Waals surface area contributed by atoms with Crippen molar-refractivity contribution in [2.75, 3.05) is 33.4 Å². The number of hydrogen-bond donors (Lipinski definition) is 2. The van der Waals surface area contributed by atoms with Crippen molar-refractivity contribution in [1.29, 1.82) is 0 Å². The Bertz CT molecular complexity index is 398. The highest BCUT2D eigenvalue weighted by atomic mass is 127. The largest absolute Gasteiger partial charge is 0.385 e. The number of methoxy groups -OCH3 is 1. The predicted octanol–water partition coefficient (Wildman–Crippen LogP) is 2.46. The molecule has 0 aliphatic heterocycles. The van der Waals surface area contributed by atoms with Crippen molar-refractivity contribution in [1.82, 2.24) is 15.6 Å². The highest BCUT2D eigenvalue weighted by Gasteiger charge is 2.01. The van der Waals surface area contributed by atoms with Gasteiger partial charge in [0.2, 0.25) is 0 Å². The minimum Gasteiger partial charge on any atom is -0.385 e. The Morgan fingerprint density at radius 3 is 2.81 bits per heavy atom. The van der Waals surface area contributed by atoms with Crippen LogP contribution in [-0.4, -0.2) is 44.3 Å². The molecule has 0 radical (unpaired) electrons. The van der Waals surface area contributed by atoms with E-state index >= 15 is 0 Å². The Balaban J connectivity index is 0.00000400. The first-order valence-electron chi connectivity index (χ1n) is 7.24. The Hall–Kier alpha value is -0.410. The van der Waals surface area contributed by atoms with Crippen LogP contribution in [0, 0.1) is 0 Å². The summed E-state index contributed by atoms with van der Waals surface area (Å²) in [7, 11) is 1.71. The Kier molecular flexibility index (Phi) is 13.0. The monoisotopic (exact) mass is 426 g/mol. The fourth-order valence-electron chi connectivity index (χ4n) is 1.68. The zero-order chi connectivity index (χ0) is 14.6. The van der Waals surface area contributed by atoms with Gasteiger partial charge >= 0.3 is 0 Å². The molecule has 7 heteroatoms. The number of thiazole rings is 1. The molecule has 122 valence electrons. The molecule has 0 atom stereocenters. The molecule has 0 spiro atoms. The smallest absolute Gasteiger partial charge is 0.191 e. The third-order valence-corrected chi connectivity index (χ3v) is 3.74. The summed E-state index contributed by atoms with van der Waals surface area (Å²) in [6, 6.07) is 0.